The van der Waals surface area contributed by atoms with Gasteiger partial charge in [-0.05, 0) is 42.6 Å². The zero-order valence-electron chi connectivity index (χ0n) is 10.7. The minimum absolute atomic E-state index is 0.201. The van der Waals surface area contributed by atoms with Gasteiger partial charge < -0.3 is 5.32 Å². The summed E-state index contributed by atoms with van der Waals surface area (Å²) in [5.41, 5.74) is 1.84. The second kappa shape index (κ2) is 4.74. The fourth-order valence-electron chi connectivity index (χ4n) is 3.00. The zero-order chi connectivity index (χ0) is 12.4. The summed E-state index contributed by atoms with van der Waals surface area (Å²) in [5, 5.41) is 12.6. The van der Waals surface area contributed by atoms with Crippen molar-refractivity contribution < 1.29 is 0 Å². The summed E-state index contributed by atoms with van der Waals surface area (Å²) in [6, 6.07) is 12.9. The van der Waals surface area contributed by atoms with Crippen molar-refractivity contribution >= 4 is 0 Å². The second-order valence-corrected chi connectivity index (χ2v) is 5.84. The Kier molecular flexibility index (Phi) is 3.09. The lowest BCUT2D eigenvalue weighted by Gasteiger charge is -2.21. The highest BCUT2D eigenvalue weighted by Crippen LogP contribution is 2.61. The Morgan fingerprint density at radius 2 is 2.00 bits per heavy atom. The van der Waals surface area contributed by atoms with Crippen molar-refractivity contribution in [2.45, 2.75) is 38.1 Å². The van der Waals surface area contributed by atoms with E-state index in [0.717, 1.165) is 12.5 Å². The molecule has 2 nitrogen and oxygen atoms in total. The minimum Gasteiger partial charge on any atom is -0.308 e. The molecule has 0 saturated heterocycles. The maximum absolute atomic E-state index is 8.97. The third-order valence-corrected chi connectivity index (χ3v) is 4.53. The first-order chi connectivity index (χ1) is 8.84. The van der Waals surface area contributed by atoms with E-state index in [2.05, 4.69) is 35.7 Å². The average Bonchev–Trinajstić information content (AvgIpc) is 3.28. The number of hydrogen-bond donors (Lipinski definition) is 1. The van der Waals surface area contributed by atoms with E-state index in [-0.39, 0.29) is 6.04 Å². The van der Waals surface area contributed by atoms with Gasteiger partial charge in [0.1, 0.15) is 0 Å². The molecule has 0 heterocycles. The van der Waals surface area contributed by atoms with Gasteiger partial charge in [-0.2, -0.15) is 5.26 Å². The number of nitriles is 1. The SMILES string of the molecule is N#CCC(NCC1(C2CC2)CC1)c1ccccc1. The van der Waals surface area contributed by atoms with Crippen LogP contribution in [0.25, 0.3) is 0 Å². The van der Waals surface area contributed by atoms with E-state index in [0.29, 0.717) is 11.8 Å². The first kappa shape index (κ1) is 11.7. The third-order valence-electron chi connectivity index (χ3n) is 4.53. The average molecular weight is 240 g/mol. The molecule has 3 rings (SSSR count). The monoisotopic (exact) mass is 240 g/mol. The lowest BCUT2D eigenvalue weighted by Crippen LogP contribution is -2.29. The molecule has 0 amide bonds. The summed E-state index contributed by atoms with van der Waals surface area (Å²) in [6.45, 7) is 1.10. The molecule has 1 N–H and O–H groups in total. The van der Waals surface area contributed by atoms with Crippen molar-refractivity contribution in [2.75, 3.05) is 6.54 Å². The molecule has 94 valence electrons. The lowest BCUT2D eigenvalue weighted by molar-refractivity contribution is 0.375. The van der Waals surface area contributed by atoms with E-state index >= 15 is 0 Å². The van der Waals surface area contributed by atoms with Crippen molar-refractivity contribution in [3.05, 3.63) is 35.9 Å². The fraction of sp³-hybridized carbons (Fsp3) is 0.562. The normalized spacial score (nSPS) is 22.2. The third kappa shape index (κ3) is 2.42. The van der Waals surface area contributed by atoms with E-state index in [1.165, 1.54) is 31.2 Å². The van der Waals surface area contributed by atoms with E-state index in [9.17, 15) is 0 Å². The molecule has 1 atom stereocenters. The Bertz CT molecular complexity index is 438. The molecule has 2 aliphatic rings. The van der Waals surface area contributed by atoms with Gasteiger partial charge in [0.05, 0.1) is 12.5 Å². The van der Waals surface area contributed by atoms with Gasteiger partial charge in [-0.1, -0.05) is 30.3 Å². The van der Waals surface area contributed by atoms with Crippen molar-refractivity contribution in [1.29, 1.82) is 5.26 Å². The van der Waals surface area contributed by atoms with Gasteiger partial charge >= 0.3 is 0 Å². The molecule has 2 aliphatic carbocycles. The number of hydrogen-bond acceptors (Lipinski definition) is 2. The quantitative estimate of drug-likeness (QED) is 0.827. The predicted molar refractivity (Wildman–Crippen MR) is 71.8 cm³/mol. The molecule has 0 bridgehead atoms. The van der Waals surface area contributed by atoms with Gasteiger partial charge in [-0.25, -0.2) is 0 Å². The van der Waals surface area contributed by atoms with Crippen LogP contribution in [0.3, 0.4) is 0 Å². The Hall–Kier alpha value is -1.33. The first-order valence-corrected chi connectivity index (χ1v) is 6.99. The largest absolute Gasteiger partial charge is 0.308 e. The van der Waals surface area contributed by atoms with E-state index < -0.39 is 0 Å². The van der Waals surface area contributed by atoms with Gasteiger partial charge in [0, 0.05) is 12.6 Å². The molecule has 0 aromatic heterocycles. The minimum atomic E-state index is 0.201. The molecule has 0 radical (unpaired) electrons. The highest BCUT2D eigenvalue weighted by molar-refractivity contribution is 5.20. The number of benzene rings is 1. The van der Waals surface area contributed by atoms with Crippen molar-refractivity contribution in [2.24, 2.45) is 11.3 Å². The van der Waals surface area contributed by atoms with Crippen LogP contribution < -0.4 is 5.32 Å². The van der Waals surface area contributed by atoms with Gasteiger partial charge in [-0.15, -0.1) is 0 Å². The van der Waals surface area contributed by atoms with Crippen LogP contribution in [0.5, 0.6) is 0 Å². The molecular formula is C16H20N2. The van der Waals surface area contributed by atoms with E-state index in [4.69, 9.17) is 5.26 Å². The van der Waals surface area contributed by atoms with Crippen LogP contribution in [-0.2, 0) is 0 Å². The molecule has 1 aromatic carbocycles. The highest BCUT2D eigenvalue weighted by atomic mass is 14.9. The lowest BCUT2D eigenvalue weighted by atomic mass is 9.98. The number of nitrogens with one attached hydrogen (secondary N) is 1. The molecule has 2 fully saturated rings. The molecule has 2 saturated carbocycles. The molecule has 0 aliphatic heterocycles. The van der Waals surface area contributed by atoms with Crippen LogP contribution in [0.1, 0.15) is 43.7 Å². The van der Waals surface area contributed by atoms with E-state index in [1.807, 2.05) is 6.07 Å². The van der Waals surface area contributed by atoms with Crippen LogP contribution in [0.15, 0.2) is 30.3 Å². The van der Waals surface area contributed by atoms with Crippen LogP contribution in [0.4, 0.5) is 0 Å². The molecule has 2 heteroatoms. The first-order valence-electron chi connectivity index (χ1n) is 6.99. The van der Waals surface area contributed by atoms with Crippen molar-refractivity contribution in [3.8, 4) is 6.07 Å². The molecule has 1 aromatic rings. The number of rotatable bonds is 6. The maximum atomic E-state index is 8.97. The second-order valence-electron chi connectivity index (χ2n) is 5.84. The highest BCUT2D eigenvalue weighted by Gasteiger charge is 2.53. The van der Waals surface area contributed by atoms with Gasteiger partial charge in [0.2, 0.25) is 0 Å². The zero-order valence-corrected chi connectivity index (χ0v) is 10.7. The summed E-state index contributed by atoms with van der Waals surface area (Å²) < 4.78 is 0. The standard InChI is InChI=1S/C16H20N2/c17-11-8-15(13-4-2-1-3-5-13)18-12-16(9-10-16)14-6-7-14/h1-5,14-15,18H,6-10,12H2. The summed E-state index contributed by atoms with van der Waals surface area (Å²) in [7, 11) is 0. The summed E-state index contributed by atoms with van der Waals surface area (Å²) in [6.07, 6.45) is 6.19. The van der Waals surface area contributed by atoms with Gasteiger partial charge in [0.25, 0.3) is 0 Å². The Balaban J connectivity index is 1.62. The van der Waals surface area contributed by atoms with Crippen LogP contribution in [0, 0.1) is 22.7 Å². The Labute approximate surface area is 109 Å². The van der Waals surface area contributed by atoms with Crippen LogP contribution >= 0.6 is 0 Å². The van der Waals surface area contributed by atoms with Gasteiger partial charge in [0.15, 0.2) is 0 Å². The van der Waals surface area contributed by atoms with Crippen LogP contribution in [-0.4, -0.2) is 6.54 Å². The molecule has 1 unspecified atom stereocenters. The van der Waals surface area contributed by atoms with Crippen molar-refractivity contribution in [1.82, 2.24) is 5.32 Å². The Morgan fingerprint density at radius 3 is 2.56 bits per heavy atom. The molecule has 18 heavy (non-hydrogen) atoms. The van der Waals surface area contributed by atoms with Crippen molar-refractivity contribution in [3.63, 3.8) is 0 Å². The predicted octanol–water partition coefficient (Wildman–Crippen LogP) is 3.42. The fourth-order valence-corrected chi connectivity index (χ4v) is 3.00. The molecular weight excluding hydrogens is 220 g/mol. The Morgan fingerprint density at radius 1 is 1.28 bits per heavy atom. The number of nitrogens with zero attached hydrogens (tertiary/aromatic N) is 1. The summed E-state index contributed by atoms with van der Waals surface area (Å²) in [5.74, 6) is 0.975. The summed E-state index contributed by atoms with van der Waals surface area (Å²) in [4.78, 5) is 0. The van der Waals surface area contributed by atoms with Gasteiger partial charge in [-0.3, -0.25) is 0 Å². The van der Waals surface area contributed by atoms with Crippen LogP contribution in [0.2, 0.25) is 0 Å². The maximum Gasteiger partial charge on any atom is 0.0641 e. The molecule has 0 spiro atoms. The summed E-state index contributed by atoms with van der Waals surface area (Å²) >= 11 is 0. The van der Waals surface area contributed by atoms with E-state index in [1.54, 1.807) is 0 Å². The topological polar surface area (TPSA) is 35.8 Å². The smallest absolute Gasteiger partial charge is 0.0641 e.